The highest BCUT2D eigenvalue weighted by molar-refractivity contribution is 7.91. The highest BCUT2D eigenvalue weighted by atomic mass is 32.2. The zero-order chi connectivity index (χ0) is 21.6. The zero-order valence-electron chi connectivity index (χ0n) is 17.2. The van der Waals surface area contributed by atoms with Crippen LogP contribution in [0, 0.1) is 12.7 Å². The third-order valence-corrected chi connectivity index (χ3v) is 7.89. The van der Waals surface area contributed by atoms with Crippen LogP contribution in [-0.2, 0) is 19.3 Å². The summed E-state index contributed by atoms with van der Waals surface area (Å²) in [6.45, 7) is 4.15. The van der Waals surface area contributed by atoms with E-state index in [1.54, 1.807) is 30.3 Å². The summed E-state index contributed by atoms with van der Waals surface area (Å²) >= 11 is 0. The summed E-state index contributed by atoms with van der Waals surface area (Å²) in [4.78, 5) is 5.39. The van der Waals surface area contributed by atoms with Gasteiger partial charge in [0.05, 0.1) is 29.2 Å². The number of benzene rings is 2. The largest absolute Gasteiger partial charge is 0.369 e. The lowest BCUT2D eigenvalue weighted by Crippen LogP contribution is -2.45. The molecule has 162 valence electrons. The number of H-pyrrole nitrogens is 1. The maximum absolute atomic E-state index is 14.2. The van der Waals surface area contributed by atoms with Gasteiger partial charge in [-0.05, 0) is 31.2 Å². The molecule has 1 spiro atoms. The molecule has 0 radical (unpaired) electrons. The molecule has 2 aliphatic rings. The highest BCUT2D eigenvalue weighted by Gasteiger charge is 2.41. The summed E-state index contributed by atoms with van der Waals surface area (Å²) in [5.74, 6) is -1.00. The Kier molecular flexibility index (Phi) is 4.96. The van der Waals surface area contributed by atoms with E-state index in [1.165, 1.54) is 18.3 Å². The van der Waals surface area contributed by atoms with Crippen molar-refractivity contribution >= 4 is 26.4 Å². The van der Waals surface area contributed by atoms with Crippen molar-refractivity contribution in [1.29, 1.82) is 0 Å². The number of pyridine rings is 1. The number of aromatic amines is 1. The van der Waals surface area contributed by atoms with E-state index < -0.39 is 21.4 Å². The van der Waals surface area contributed by atoms with Crippen molar-refractivity contribution in [3.8, 4) is 0 Å². The maximum Gasteiger partial charge on any atom is 0.214 e. The van der Waals surface area contributed by atoms with E-state index in [0.717, 1.165) is 5.56 Å². The predicted molar refractivity (Wildman–Crippen MR) is 113 cm³/mol. The molecule has 0 aliphatic carbocycles. The van der Waals surface area contributed by atoms with E-state index in [4.69, 9.17) is 9.47 Å². The number of rotatable bonds is 3. The van der Waals surface area contributed by atoms with Crippen molar-refractivity contribution in [3.63, 3.8) is 0 Å². The van der Waals surface area contributed by atoms with Gasteiger partial charge < -0.3 is 14.4 Å². The van der Waals surface area contributed by atoms with Crippen molar-refractivity contribution in [2.45, 2.75) is 35.3 Å². The molecule has 2 fully saturated rings. The van der Waals surface area contributed by atoms with Crippen LogP contribution >= 0.6 is 0 Å². The van der Waals surface area contributed by atoms with Gasteiger partial charge in [0.2, 0.25) is 15.4 Å². The molecule has 3 aromatic rings. The summed E-state index contributed by atoms with van der Waals surface area (Å²) in [5, 5.41) is 0.539. The minimum Gasteiger partial charge on any atom is -0.369 e. The summed E-state index contributed by atoms with van der Waals surface area (Å²) < 4.78 is 53.0. The summed E-state index contributed by atoms with van der Waals surface area (Å²) in [7, 11) is -3.83. The van der Waals surface area contributed by atoms with Gasteiger partial charge in [-0.15, -0.1) is 0 Å². The fourth-order valence-corrected chi connectivity index (χ4v) is 5.87. The lowest BCUT2D eigenvalue weighted by Gasteiger charge is -2.39. The van der Waals surface area contributed by atoms with E-state index in [-0.39, 0.29) is 9.79 Å². The zero-order valence-corrected chi connectivity index (χ0v) is 18.0. The Bertz CT molecular complexity index is 1230. The summed E-state index contributed by atoms with van der Waals surface area (Å²) in [6.07, 6.45) is 2.75. The summed E-state index contributed by atoms with van der Waals surface area (Å²) in [5.41, 5.74) is 2.17. The van der Waals surface area contributed by atoms with Crippen LogP contribution in [0.15, 0.2) is 58.5 Å². The maximum atomic E-state index is 14.2. The number of anilines is 1. The van der Waals surface area contributed by atoms with E-state index in [9.17, 15) is 12.8 Å². The van der Waals surface area contributed by atoms with Crippen LogP contribution in [-0.4, -0.2) is 40.5 Å². The number of ether oxygens (including phenoxy) is 2. The smallest absolute Gasteiger partial charge is 0.214 e. The van der Waals surface area contributed by atoms with Gasteiger partial charge in [-0.2, -0.15) is 0 Å². The topological polar surface area (TPSA) is 70.0 Å². The average molecular weight is 444 g/mol. The van der Waals surface area contributed by atoms with Gasteiger partial charge in [0, 0.05) is 32.0 Å². The molecule has 0 bridgehead atoms. The second kappa shape index (κ2) is 7.55. The molecule has 8 heteroatoms. The number of nitrogens with one attached hydrogen (secondary N) is 1. The molecule has 31 heavy (non-hydrogen) atoms. The third kappa shape index (κ3) is 3.58. The first-order chi connectivity index (χ1) is 14.9. The van der Waals surface area contributed by atoms with Gasteiger partial charge in [-0.3, -0.25) is 0 Å². The molecule has 1 N–H and O–H groups in total. The van der Waals surface area contributed by atoms with Crippen LogP contribution in [0.2, 0.25) is 0 Å². The first-order valence-electron chi connectivity index (χ1n) is 10.4. The van der Waals surface area contributed by atoms with Crippen LogP contribution in [0.5, 0.6) is 0 Å². The van der Waals surface area contributed by atoms with Crippen LogP contribution in [0.1, 0.15) is 18.4 Å². The molecule has 6 nitrogen and oxygen atoms in total. The second-order valence-electron chi connectivity index (χ2n) is 8.10. The standard InChI is InChI=1S/C23H23FN2O4S/c1-16-2-5-18(6-3-16)31(27,28)21-15-25-20-7-4-17(24)14-19(20)22(21)26-10-8-23(9-11-26)29-12-13-30-23/h2-7,14-15H,8-13H2,1H3/p+1. The fraction of sp³-hybridized carbons (Fsp3) is 0.348. The molecule has 2 aromatic carbocycles. The van der Waals surface area contributed by atoms with Crippen molar-refractivity contribution in [1.82, 2.24) is 0 Å². The number of hydrogen-bond acceptors (Lipinski definition) is 5. The molecule has 1 aromatic heterocycles. The van der Waals surface area contributed by atoms with Gasteiger partial charge in [-0.25, -0.2) is 17.8 Å². The Morgan fingerprint density at radius 1 is 1.03 bits per heavy atom. The van der Waals surface area contributed by atoms with E-state index in [1.807, 2.05) is 11.8 Å². The minimum atomic E-state index is -3.83. The number of aryl methyl sites for hydroxylation is 1. The fourth-order valence-electron chi connectivity index (χ4n) is 4.41. The SMILES string of the molecule is Cc1ccc(S(=O)(=O)c2c[nH+]c3ccc(F)cc3c2N2CCC3(CC2)OCCO3)cc1. The van der Waals surface area contributed by atoms with E-state index in [2.05, 4.69) is 4.98 Å². The number of sulfone groups is 1. The molecule has 2 saturated heterocycles. The van der Waals surface area contributed by atoms with Gasteiger partial charge in [0.25, 0.3) is 0 Å². The molecular formula is C23H24FN2O4S+. The normalized spacial score (nSPS) is 18.7. The van der Waals surface area contributed by atoms with Gasteiger partial charge >= 0.3 is 0 Å². The highest BCUT2D eigenvalue weighted by Crippen LogP contribution is 2.39. The first-order valence-corrected chi connectivity index (χ1v) is 11.8. The molecule has 0 saturated carbocycles. The Morgan fingerprint density at radius 2 is 1.71 bits per heavy atom. The number of hydrogen-bond donors (Lipinski definition) is 0. The molecule has 2 aliphatic heterocycles. The minimum absolute atomic E-state index is 0.138. The molecule has 0 amide bonds. The van der Waals surface area contributed by atoms with Crippen LogP contribution in [0.25, 0.3) is 10.9 Å². The van der Waals surface area contributed by atoms with Crippen LogP contribution < -0.4 is 9.88 Å². The molecule has 0 atom stereocenters. The summed E-state index contributed by atoms with van der Waals surface area (Å²) in [6, 6.07) is 11.1. The quantitative estimate of drug-likeness (QED) is 0.621. The Hall–Kier alpha value is -2.55. The molecule has 0 unspecified atom stereocenters. The van der Waals surface area contributed by atoms with Crippen molar-refractivity contribution in [3.05, 3.63) is 60.0 Å². The Morgan fingerprint density at radius 3 is 2.39 bits per heavy atom. The van der Waals surface area contributed by atoms with Crippen molar-refractivity contribution in [2.75, 3.05) is 31.2 Å². The third-order valence-electron chi connectivity index (χ3n) is 6.10. The van der Waals surface area contributed by atoms with Gasteiger partial charge in [0.15, 0.2) is 16.9 Å². The molecule has 3 heterocycles. The van der Waals surface area contributed by atoms with Crippen molar-refractivity contribution < 1.29 is 27.3 Å². The predicted octanol–water partition coefficient (Wildman–Crippen LogP) is 3.28. The number of aromatic nitrogens is 1. The van der Waals surface area contributed by atoms with Gasteiger partial charge in [0.1, 0.15) is 5.82 Å². The molecule has 5 rings (SSSR count). The molecular weight excluding hydrogens is 419 g/mol. The number of fused-ring (bicyclic) bond motifs is 1. The van der Waals surface area contributed by atoms with Crippen molar-refractivity contribution in [2.24, 2.45) is 0 Å². The van der Waals surface area contributed by atoms with Gasteiger partial charge in [-0.1, -0.05) is 17.7 Å². The number of piperidine rings is 1. The lowest BCUT2D eigenvalue weighted by atomic mass is 10.0. The van der Waals surface area contributed by atoms with E-state index in [0.29, 0.717) is 55.7 Å². The van der Waals surface area contributed by atoms with Crippen LogP contribution in [0.4, 0.5) is 10.1 Å². The average Bonchev–Trinajstić information content (AvgIpc) is 3.22. The number of halogens is 1. The van der Waals surface area contributed by atoms with E-state index >= 15 is 0 Å². The van der Waals surface area contributed by atoms with Crippen LogP contribution in [0.3, 0.4) is 0 Å². The second-order valence-corrected chi connectivity index (χ2v) is 10.0. The lowest BCUT2D eigenvalue weighted by molar-refractivity contribution is -0.347. The first kappa shape index (κ1) is 20.4. The monoisotopic (exact) mass is 443 g/mol. The Balaban J connectivity index is 1.64. The Labute approximate surface area is 180 Å². The number of nitrogens with zero attached hydrogens (tertiary/aromatic N) is 1.